The van der Waals surface area contributed by atoms with Crippen LogP contribution < -0.4 is 10.9 Å². The Morgan fingerprint density at radius 1 is 0.864 bits per heavy atom. The first-order chi connectivity index (χ1) is 10.7. The lowest BCUT2D eigenvalue weighted by molar-refractivity contribution is 0.921. The van der Waals surface area contributed by atoms with Crippen molar-refractivity contribution in [3.05, 3.63) is 48.6 Å². The lowest BCUT2D eigenvalue weighted by Gasteiger charge is -2.05. The Morgan fingerprint density at radius 3 is 1.68 bits per heavy atom. The van der Waals surface area contributed by atoms with Gasteiger partial charge in [-0.1, -0.05) is 0 Å². The molecule has 0 unspecified atom stereocenters. The molecule has 2 heterocycles. The predicted octanol–water partition coefficient (Wildman–Crippen LogP) is 0.879. The molecule has 8 nitrogen and oxygen atoms in total. The summed E-state index contributed by atoms with van der Waals surface area (Å²) in [5, 5.41) is 8.47. The molecule has 22 heavy (non-hydrogen) atoms. The number of hydrogen-bond acceptors (Lipinski definition) is 7. The van der Waals surface area contributed by atoms with Crippen LogP contribution in [0.1, 0.15) is 25.2 Å². The van der Waals surface area contributed by atoms with Gasteiger partial charge in [-0.2, -0.15) is 10.2 Å². The van der Waals surface area contributed by atoms with E-state index in [1.807, 2.05) is 0 Å². The highest BCUT2D eigenvalue weighted by Gasteiger charge is 2.00. The molecule has 0 aromatic carbocycles. The molecule has 0 atom stereocenters. The topological polar surface area (TPSA) is 100 Å². The average Bonchev–Trinajstić information content (AvgIpc) is 2.59. The van der Waals surface area contributed by atoms with Gasteiger partial charge in [0.05, 0.1) is 23.8 Å². The number of thiocarbonyl (C=S) groups is 1. The van der Waals surface area contributed by atoms with Crippen molar-refractivity contribution in [2.24, 2.45) is 10.2 Å². The van der Waals surface area contributed by atoms with Crippen molar-refractivity contribution in [2.45, 2.75) is 13.8 Å². The molecule has 0 bridgehead atoms. The molecular formula is C13H14N8S. The van der Waals surface area contributed by atoms with E-state index in [1.54, 1.807) is 51.0 Å². The van der Waals surface area contributed by atoms with Gasteiger partial charge in [0.1, 0.15) is 11.4 Å². The Balaban J connectivity index is 1.91. The second kappa shape index (κ2) is 7.84. The van der Waals surface area contributed by atoms with E-state index in [0.29, 0.717) is 22.8 Å². The lowest BCUT2D eigenvalue weighted by Crippen LogP contribution is -2.29. The van der Waals surface area contributed by atoms with Gasteiger partial charge in [-0.3, -0.25) is 30.8 Å². The molecule has 0 aliphatic heterocycles. The molecule has 0 fully saturated rings. The predicted molar refractivity (Wildman–Crippen MR) is 87.4 cm³/mol. The number of nitrogens with zero attached hydrogens (tertiary/aromatic N) is 6. The minimum atomic E-state index is 0.256. The highest BCUT2D eigenvalue weighted by atomic mass is 32.1. The van der Waals surface area contributed by atoms with E-state index in [4.69, 9.17) is 12.2 Å². The molecule has 2 aromatic rings. The van der Waals surface area contributed by atoms with E-state index >= 15 is 0 Å². The van der Waals surface area contributed by atoms with Gasteiger partial charge in [-0.25, -0.2) is 0 Å². The normalized spacial score (nSPS) is 11.9. The second-order valence-electron chi connectivity index (χ2n) is 4.13. The fourth-order valence-corrected chi connectivity index (χ4v) is 1.47. The van der Waals surface area contributed by atoms with Crippen molar-refractivity contribution in [3.8, 4) is 0 Å². The van der Waals surface area contributed by atoms with Gasteiger partial charge in [-0.15, -0.1) is 0 Å². The maximum absolute atomic E-state index is 5.08. The third kappa shape index (κ3) is 4.63. The van der Waals surface area contributed by atoms with Gasteiger partial charge >= 0.3 is 0 Å². The number of hydrogen-bond donors (Lipinski definition) is 2. The molecule has 2 N–H and O–H groups in total. The van der Waals surface area contributed by atoms with Crippen LogP contribution in [0.5, 0.6) is 0 Å². The van der Waals surface area contributed by atoms with Crippen LogP contribution in [0.15, 0.2) is 47.4 Å². The Hall–Kier alpha value is -2.81. The average molecular weight is 314 g/mol. The summed E-state index contributed by atoms with van der Waals surface area (Å²) in [5.74, 6) is 0. The van der Waals surface area contributed by atoms with E-state index in [2.05, 4.69) is 41.0 Å². The Morgan fingerprint density at radius 2 is 1.32 bits per heavy atom. The summed E-state index contributed by atoms with van der Waals surface area (Å²) < 4.78 is 0. The fraction of sp³-hybridized carbons (Fsp3) is 0.154. The van der Waals surface area contributed by atoms with Crippen LogP contribution >= 0.6 is 12.2 Å². The highest BCUT2D eigenvalue weighted by molar-refractivity contribution is 7.80. The molecule has 9 heteroatoms. The third-order valence-corrected chi connectivity index (χ3v) is 2.70. The summed E-state index contributed by atoms with van der Waals surface area (Å²) in [6.07, 6.45) is 9.63. The van der Waals surface area contributed by atoms with Crippen molar-refractivity contribution in [2.75, 3.05) is 0 Å². The molecule has 0 spiro atoms. The molecule has 0 saturated carbocycles. The van der Waals surface area contributed by atoms with E-state index in [9.17, 15) is 0 Å². The Labute approximate surface area is 132 Å². The summed E-state index contributed by atoms with van der Waals surface area (Å²) in [5.41, 5.74) is 8.02. The maximum Gasteiger partial charge on any atom is 0.207 e. The Bertz CT molecular complexity index is 624. The SMILES string of the molecule is C/C(=N\NC(=S)N/N=C(\C)c1cnccn1)c1cnccn1. The van der Waals surface area contributed by atoms with E-state index in [-0.39, 0.29) is 5.11 Å². The molecule has 2 rings (SSSR count). The molecule has 2 aromatic heterocycles. The minimum absolute atomic E-state index is 0.256. The lowest BCUT2D eigenvalue weighted by atomic mass is 10.3. The maximum atomic E-state index is 5.08. The first kappa shape index (κ1) is 15.6. The number of aromatic nitrogens is 4. The fourth-order valence-electron chi connectivity index (χ4n) is 1.38. The second-order valence-corrected chi connectivity index (χ2v) is 4.54. The van der Waals surface area contributed by atoms with Crippen LogP contribution in [0.3, 0.4) is 0 Å². The van der Waals surface area contributed by atoms with Crippen molar-refractivity contribution < 1.29 is 0 Å². The summed E-state index contributed by atoms with van der Waals surface area (Å²) in [6, 6.07) is 0. The number of rotatable bonds is 4. The van der Waals surface area contributed by atoms with Gasteiger partial charge in [0.15, 0.2) is 0 Å². The van der Waals surface area contributed by atoms with Gasteiger partial charge in [0.2, 0.25) is 5.11 Å². The van der Waals surface area contributed by atoms with Crippen molar-refractivity contribution in [1.29, 1.82) is 0 Å². The van der Waals surface area contributed by atoms with Crippen LogP contribution in [0.4, 0.5) is 0 Å². The third-order valence-electron chi connectivity index (χ3n) is 2.52. The van der Waals surface area contributed by atoms with Gasteiger partial charge < -0.3 is 0 Å². The smallest absolute Gasteiger partial charge is 0.207 e. The van der Waals surface area contributed by atoms with E-state index < -0.39 is 0 Å². The molecule has 0 aliphatic rings. The largest absolute Gasteiger partial charge is 0.261 e. The number of nitrogens with one attached hydrogen (secondary N) is 2. The van der Waals surface area contributed by atoms with Crippen LogP contribution in [0.25, 0.3) is 0 Å². The van der Waals surface area contributed by atoms with Gasteiger partial charge in [0.25, 0.3) is 0 Å². The summed E-state index contributed by atoms with van der Waals surface area (Å²) >= 11 is 5.08. The Kier molecular flexibility index (Phi) is 5.55. The molecule has 112 valence electrons. The van der Waals surface area contributed by atoms with Crippen molar-refractivity contribution in [3.63, 3.8) is 0 Å². The molecule has 0 saturated heterocycles. The molecule has 0 amide bonds. The van der Waals surface area contributed by atoms with Gasteiger partial charge in [-0.05, 0) is 26.1 Å². The first-order valence-corrected chi connectivity index (χ1v) is 6.75. The van der Waals surface area contributed by atoms with Crippen LogP contribution in [0, 0.1) is 0 Å². The van der Waals surface area contributed by atoms with Gasteiger partial charge in [0, 0.05) is 24.8 Å². The van der Waals surface area contributed by atoms with Crippen LogP contribution in [-0.4, -0.2) is 36.5 Å². The zero-order valence-electron chi connectivity index (χ0n) is 12.1. The van der Waals surface area contributed by atoms with Crippen LogP contribution in [0.2, 0.25) is 0 Å². The molecule has 0 radical (unpaired) electrons. The van der Waals surface area contributed by atoms with Crippen molar-refractivity contribution in [1.82, 2.24) is 30.8 Å². The van der Waals surface area contributed by atoms with E-state index in [0.717, 1.165) is 0 Å². The van der Waals surface area contributed by atoms with Crippen LogP contribution in [-0.2, 0) is 0 Å². The zero-order chi connectivity index (χ0) is 15.8. The minimum Gasteiger partial charge on any atom is -0.261 e. The first-order valence-electron chi connectivity index (χ1n) is 6.34. The summed E-state index contributed by atoms with van der Waals surface area (Å²) in [6.45, 7) is 3.60. The monoisotopic (exact) mass is 314 g/mol. The number of hydrazone groups is 2. The van der Waals surface area contributed by atoms with E-state index in [1.165, 1.54) is 0 Å². The standard InChI is InChI=1S/C13H14N8S/c1-9(11-7-14-3-5-16-11)18-20-13(22)21-19-10(2)12-8-15-4-6-17-12/h3-8H,1-2H3,(H2,20,21,22)/b18-9+,19-10+. The summed E-state index contributed by atoms with van der Waals surface area (Å²) in [4.78, 5) is 16.2. The quantitative estimate of drug-likeness (QED) is 0.491. The van der Waals surface area contributed by atoms with Crippen molar-refractivity contribution >= 4 is 28.8 Å². The zero-order valence-corrected chi connectivity index (χ0v) is 12.9. The molecular weight excluding hydrogens is 300 g/mol. The highest BCUT2D eigenvalue weighted by Crippen LogP contribution is 1.94. The molecule has 0 aliphatic carbocycles. The summed E-state index contributed by atoms with van der Waals surface area (Å²) in [7, 11) is 0.